The highest BCUT2D eigenvalue weighted by Gasteiger charge is 2.47. The SMILES string of the molecule is C[C@@H]1OCC2(CCN(c3ncc(S(=O)(=O)c4cccc(Cl)c4Cl)n4cncc34)CC2)[C@@H]1N. The number of ether oxygens (including phenoxy) is 1. The average molecular weight is 496 g/mol. The fraction of sp³-hybridized carbons (Fsp3) is 0.429. The van der Waals surface area contributed by atoms with Gasteiger partial charge in [-0.25, -0.2) is 18.4 Å². The van der Waals surface area contributed by atoms with Crippen molar-refractivity contribution in [3.05, 3.63) is 47.0 Å². The van der Waals surface area contributed by atoms with Crippen LogP contribution >= 0.6 is 23.2 Å². The lowest BCUT2D eigenvalue weighted by Gasteiger charge is -2.41. The first-order valence-electron chi connectivity index (χ1n) is 10.4. The van der Waals surface area contributed by atoms with Crippen LogP contribution < -0.4 is 10.6 Å². The van der Waals surface area contributed by atoms with E-state index >= 15 is 0 Å². The van der Waals surface area contributed by atoms with Crippen LogP contribution in [0.25, 0.3) is 5.52 Å². The van der Waals surface area contributed by atoms with Gasteiger partial charge < -0.3 is 15.4 Å². The van der Waals surface area contributed by atoms with Gasteiger partial charge in [-0.05, 0) is 31.9 Å². The molecule has 0 radical (unpaired) electrons. The molecule has 2 N–H and O–H groups in total. The van der Waals surface area contributed by atoms with E-state index in [2.05, 4.69) is 14.9 Å². The number of aromatic nitrogens is 3. The summed E-state index contributed by atoms with van der Waals surface area (Å²) in [7, 11) is -3.98. The molecule has 2 aromatic heterocycles. The van der Waals surface area contributed by atoms with E-state index < -0.39 is 9.84 Å². The van der Waals surface area contributed by atoms with Crippen molar-refractivity contribution in [1.29, 1.82) is 0 Å². The van der Waals surface area contributed by atoms with Gasteiger partial charge in [-0.2, -0.15) is 0 Å². The van der Waals surface area contributed by atoms with E-state index in [1.807, 2.05) is 6.92 Å². The summed E-state index contributed by atoms with van der Waals surface area (Å²) in [5.74, 6) is 0.689. The predicted octanol–water partition coefficient (Wildman–Crippen LogP) is 3.20. The molecule has 0 aliphatic carbocycles. The summed E-state index contributed by atoms with van der Waals surface area (Å²) >= 11 is 12.2. The van der Waals surface area contributed by atoms with Crippen molar-refractivity contribution < 1.29 is 13.2 Å². The average Bonchev–Trinajstić information content (AvgIpc) is 3.37. The number of halogens is 2. The number of nitrogens with zero attached hydrogens (tertiary/aromatic N) is 4. The number of benzene rings is 1. The third-order valence-electron chi connectivity index (χ3n) is 6.79. The Morgan fingerprint density at radius 1 is 1.22 bits per heavy atom. The minimum atomic E-state index is -3.98. The van der Waals surface area contributed by atoms with Crippen LogP contribution in [0, 0.1) is 5.41 Å². The van der Waals surface area contributed by atoms with Crippen molar-refractivity contribution in [1.82, 2.24) is 14.4 Å². The minimum Gasteiger partial charge on any atom is -0.376 e. The third-order valence-corrected chi connectivity index (χ3v) is 9.49. The molecule has 170 valence electrons. The van der Waals surface area contributed by atoms with Crippen LogP contribution in [0.15, 0.2) is 46.8 Å². The highest BCUT2D eigenvalue weighted by Crippen LogP contribution is 2.42. The predicted molar refractivity (Wildman–Crippen MR) is 122 cm³/mol. The number of piperidine rings is 1. The zero-order valence-electron chi connectivity index (χ0n) is 17.4. The van der Waals surface area contributed by atoms with Crippen molar-refractivity contribution in [2.45, 2.75) is 41.8 Å². The first-order valence-corrected chi connectivity index (χ1v) is 12.6. The molecule has 2 aliphatic rings. The molecular weight excluding hydrogens is 473 g/mol. The number of nitrogens with two attached hydrogens (primary N) is 1. The van der Waals surface area contributed by atoms with Crippen molar-refractivity contribution >= 4 is 44.4 Å². The smallest absolute Gasteiger partial charge is 0.225 e. The van der Waals surface area contributed by atoms with Gasteiger partial charge in [0.25, 0.3) is 0 Å². The van der Waals surface area contributed by atoms with Gasteiger partial charge in [0.2, 0.25) is 9.84 Å². The zero-order valence-corrected chi connectivity index (χ0v) is 19.7. The fourth-order valence-corrected chi connectivity index (χ4v) is 6.85. The summed E-state index contributed by atoms with van der Waals surface area (Å²) in [5, 5.41) is 0.133. The van der Waals surface area contributed by atoms with E-state index in [1.54, 1.807) is 18.3 Å². The fourth-order valence-electron chi connectivity index (χ4n) is 4.76. The van der Waals surface area contributed by atoms with E-state index in [0.717, 1.165) is 25.9 Å². The van der Waals surface area contributed by atoms with Crippen LogP contribution in [0.5, 0.6) is 0 Å². The number of imidazole rings is 1. The largest absolute Gasteiger partial charge is 0.376 e. The van der Waals surface area contributed by atoms with Crippen LogP contribution in [0.2, 0.25) is 10.0 Å². The van der Waals surface area contributed by atoms with Crippen molar-refractivity contribution in [3.8, 4) is 0 Å². The van der Waals surface area contributed by atoms with Crippen LogP contribution in [0.3, 0.4) is 0 Å². The molecule has 11 heteroatoms. The molecular formula is C21H23Cl2N5O3S. The summed E-state index contributed by atoms with van der Waals surface area (Å²) in [6, 6.07) is 4.54. The molecule has 0 amide bonds. The van der Waals surface area contributed by atoms with E-state index in [-0.39, 0.29) is 37.5 Å². The molecule has 2 aliphatic heterocycles. The topological polar surface area (TPSA) is 103 Å². The summed E-state index contributed by atoms with van der Waals surface area (Å²) < 4.78 is 34.1. The van der Waals surface area contributed by atoms with E-state index in [1.165, 1.54) is 23.0 Å². The van der Waals surface area contributed by atoms with Gasteiger partial charge in [0.1, 0.15) is 11.8 Å². The van der Waals surface area contributed by atoms with Gasteiger partial charge >= 0.3 is 0 Å². The maximum Gasteiger partial charge on any atom is 0.225 e. The zero-order chi connectivity index (χ0) is 22.7. The molecule has 0 saturated carbocycles. The van der Waals surface area contributed by atoms with Crippen molar-refractivity contribution in [2.24, 2.45) is 11.1 Å². The highest BCUT2D eigenvalue weighted by atomic mass is 35.5. The van der Waals surface area contributed by atoms with Gasteiger partial charge in [-0.1, -0.05) is 29.3 Å². The summed E-state index contributed by atoms with van der Waals surface area (Å²) in [5.41, 5.74) is 7.03. The number of rotatable bonds is 3. The Labute approximate surface area is 196 Å². The second-order valence-corrected chi connectivity index (χ2v) is 11.2. The Kier molecular flexibility index (Phi) is 5.37. The Hall–Kier alpha value is -1.91. The van der Waals surface area contributed by atoms with Gasteiger partial charge in [-0.15, -0.1) is 0 Å². The van der Waals surface area contributed by atoms with Gasteiger partial charge in [0.05, 0.1) is 40.0 Å². The van der Waals surface area contributed by atoms with Crippen molar-refractivity contribution in [3.63, 3.8) is 0 Å². The van der Waals surface area contributed by atoms with Crippen LogP contribution in [-0.2, 0) is 14.6 Å². The number of sulfone groups is 1. The summed E-state index contributed by atoms with van der Waals surface area (Å²) in [6.07, 6.45) is 6.28. The molecule has 0 unspecified atom stereocenters. The quantitative estimate of drug-likeness (QED) is 0.594. The Balaban J connectivity index is 1.49. The van der Waals surface area contributed by atoms with Gasteiger partial charge in [-0.3, -0.25) is 4.40 Å². The van der Waals surface area contributed by atoms with Crippen LogP contribution in [0.4, 0.5) is 5.82 Å². The number of hydrogen-bond donors (Lipinski definition) is 1. The van der Waals surface area contributed by atoms with E-state index in [9.17, 15) is 8.42 Å². The maximum atomic E-state index is 13.4. The molecule has 2 atom stereocenters. The first kappa shape index (κ1) is 21.9. The molecule has 0 bridgehead atoms. The molecule has 5 rings (SSSR count). The number of hydrogen-bond acceptors (Lipinski definition) is 7. The van der Waals surface area contributed by atoms with Crippen LogP contribution in [-0.4, -0.2) is 54.6 Å². The maximum absolute atomic E-state index is 13.4. The Morgan fingerprint density at radius 3 is 2.66 bits per heavy atom. The minimum absolute atomic E-state index is 0.0148. The first-order chi connectivity index (χ1) is 15.2. The second kappa shape index (κ2) is 7.85. The van der Waals surface area contributed by atoms with Gasteiger partial charge in [0.15, 0.2) is 10.8 Å². The normalized spacial score (nSPS) is 23.3. The second-order valence-electron chi connectivity index (χ2n) is 8.52. The molecule has 8 nitrogen and oxygen atoms in total. The summed E-state index contributed by atoms with van der Waals surface area (Å²) in [4.78, 5) is 10.8. The monoisotopic (exact) mass is 495 g/mol. The highest BCUT2D eigenvalue weighted by molar-refractivity contribution is 7.91. The van der Waals surface area contributed by atoms with Gasteiger partial charge in [0, 0.05) is 24.5 Å². The molecule has 1 aromatic carbocycles. The molecule has 3 aromatic rings. The van der Waals surface area contributed by atoms with E-state index in [0.29, 0.717) is 17.9 Å². The lowest BCUT2D eigenvalue weighted by Crippen LogP contribution is -2.50. The molecule has 2 saturated heterocycles. The molecule has 4 heterocycles. The molecule has 2 fully saturated rings. The molecule has 1 spiro atoms. The third kappa shape index (κ3) is 3.30. The van der Waals surface area contributed by atoms with Crippen LogP contribution in [0.1, 0.15) is 19.8 Å². The standard InChI is InChI=1S/C21H23Cl2N5O3S/c1-13-19(24)21(11-31-13)5-7-27(8-6-21)20-15-9-25-12-28(15)17(10-26-20)32(29,30)16-4-2-3-14(22)18(16)23/h2-4,9-10,12-13,19H,5-8,11,24H2,1H3/t13-,19+/m0/s1. The van der Waals surface area contributed by atoms with E-state index in [4.69, 9.17) is 33.7 Å². The molecule has 32 heavy (non-hydrogen) atoms. The number of fused-ring (bicyclic) bond motifs is 1. The lowest BCUT2D eigenvalue weighted by atomic mass is 9.73. The Morgan fingerprint density at radius 2 is 1.97 bits per heavy atom. The van der Waals surface area contributed by atoms with Crippen molar-refractivity contribution in [2.75, 3.05) is 24.6 Å². The number of anilines is 1. The Bertz CT molecular complexity index is 1290. The summed E-state index contributed by atoms with van der Waals surface area (Å²) in [6.45, 7) is 4.21. The lowest BCUT2D eigenvalue weighted by molar-refractivity contribution is 0.0974.